The molecule has 1 aliphatic heterocycles. The fraction of sp³-hybridized carbons (Fsp3) is 0.333. The summed E-state index contributed by atoms with van der Waals surface area (Å²) in [7, 11) is 0. The molecule has 2 rings (SSSR count). The minimum Gasteiger partial charge on any atom is -0.480 e. The Morgan fingerprint density at radius 3 is 2.90 bits per heavy atom. The van der Waals surface area contributed by atoms with Crippen LogP contribution in [-0.2, 0) is 4.79 Å². The zero-order chi connectivity index (χ0) is 15.2. The second-order valence-electron chi connectivity index (χ2n) is 4.39. The molecule has 5 N–H and O–H groups in total. The number of aliphatic hydroxyl groups excluding tert-OH is 1. The Labute approximate surface area is 120 Å². The average Bonchev–Trinajstić information content (AvgIpc) is 2.47. The molecule has 1 aliphatic rings. The highest BCUT2D eigenvalue weighted by atomic mass is 16.4. The Morgan fingerprint density at radius 2 is 2.24 bits per heavy atom. The maximum atomic E-state index is 11.7. The number of rotatable bonds is 4. The molecule has 9 heteroatoms. The van der Waals surface area contributed by atoms with Crippen LogP contribution in [0.3, 0.4) is 0 Å². The lowest BCUT2D eigenvalue weighted by molar-refractivity contribution is -0.135. The van der Waals surface area contributed by atoms with E-state index in [0.717, 1.165) is 0 Å². The van der Waals surface area contributed by atoms with E-state index in [-0.39, 0.29) is 5.56 Å². The van der Waals surface area contributed by atoms with E-state index in [1.54, 1.807) is 0 Å². The molecule has 1 unspecified atom stereocenters. The van der Waals surface area contributed by atoms with E-state index < -0.39 is 24.5 Å². The minimum absolute atomic E-state index is 0.234. The average molecular weight is 293 g/mol. The number of aliphatic hydroxyl groups is 1. The summed E-state index contributed by atoms with van der Waals surface area (Å²) >= 11 is 0. The zero-order valence-corrected chi connectivity index (χ0v) is 11.0. The van der Waals surface area contributed by atoms with Gasteiger partial charge >= 0.3 is 5.97 Å². The minimum atomic E-state index is -1.12. The SMILES string of the molecule is O=C(O)CNC(=O)c1cncc(NC2=NCC(O)CN2)c1. The first-order valence-electron chi connectivity index (χ1n) is 6.23. The predicted molar refractivity (Wildman–Crippen MR) is 74.1 cm³/mol. The van der Waals surface area contributed by atoms with Gasteiger partial charge in [0.1, 0.15) is 6.54 Å². The van der Waals surface area contributed by atoms with Crippen molar-refractivity contribution in [2.24, 2.45) is 4.99 Å². The highest BCUT2D eigenvalue weighted by molar-refractivity contribution is 5.98. The molecule has 0 saturated heterocycles. The number of carboxylic acids is 1. The van der Waals surface area contributed by atoms with Crippen molar-refractivity contribution >= 4 is 23.5 Å². The summed E-state index contributed by atoms with van der Waals surface area (Å²) < 4.78 is 0. The van der Waals surface area contributed by atoms with Crippen molar-refractivity contribution < 1.29 is 19.8 Å². The lowest BCUT2D eigenvalue weighted by atomic mass is 10.2. The van der Waals surface area contributed by atoms with Crippen molar-refractivity contribution in [1.29, 1.82) is 0 Å². The molecule has 21 heavy (non-hydrogen) atoms. The number of anilines is 1. The first kappa shape index (κ1) is 14.7. The van der Waals surface area contributed by atoms with E-state index in [2.05, 4.69) is 25.9 Å². The zero-order valence-electron chi connectivity index (χ0n) is 11.0. The first-order valence-corrected chi connectivity index (χ1v) is 6.23. The molecule has 0 spiro atoms. The van der Waals surface area contributed by atoms with Gasteiger partial charge in [-0.1, -0.05) is 0 Å². The number of nitrogens with one attached hydrogen (secondary N) is 3. The van der Waals surface area contributed by atoms with Gasteiger partial charge in [0.05, 0.1) is 30.1 Å². The smallest absolute Gasteiger partial charge is 0.322 e. The molecule has 1 aromatic rings. The van der Waals surface area contributed by atoms with E-state index in [1.807, 2.05) is 0 Å². The van der Waals surface area contributed by atoms with E-state index in [0.29, 0.717) is 24.7 Å². The molecule has 1 atom stereocenters. The molecule has 0 saturated carbocycles. The van der Waals surface area contributed by atoms with Crippen LogP contribution in [-0.4, -0.2) is 58.8 Å². The number of β-amino-alcohol motifs (C(OH)–C–C–N with tert-alkyl or cyclic N) is 1. The fourth-order valence-electron chi connectivity index (χ4n) is 1.64. The van der Waals surface area contributed by atoms with Gasteiger partial charge in [0.15, 0.2) is 5.96 Å². The fourth-order valence-corrected chi connectivity index (χ4v) is 1.64. The molecule has 1 amide bonds. The number of guanidine groups is 1. The van der Waals surface area contributed by atoms with Gasteiger partial charge in [-0.2, -0.15) is 0 Å². The van der Waals surface area contributed by atoms with Gasteiger partial charge in [-0.25, -0.2) is 0 Å². The van der Waals surface area contributed by atoms with Crippen LogP contribution < -0.4 is 16.0 Å². The third-order valence-electron chi connectivity index (χ3n) is 2.63. The van der Waals surface area contributed by atoms with Gasteiger partial charge in [-0.05, 0) is 6.07 Å². The maximum absolute atomic E-state index is 11.7. The Kier molecular flexibility index (Phi) is 4.67. The number of pyridine rings is 1. The second kappa shape index (κ2) is 6.66. The standard InChI is InChI=1S/C12H15N5O4/c18-9-4-15-12(16-5-9)17-8-1-7(2-13-3-8)11(21)14-6-10(19)20/h1-3,9,18H,4-6H2,(H,14,21)(H,19,20)(H2,15,16,17). The molecule has 0 aliphatic carbocycles. The summed E-state index contributed by atoms with van der Waals surface area (Å²) in [6, 6.07) is 1.53. The van der Waals surface area contributed by atoms with Crippen LogP contribution in [0, 0.1) is 0 Å². The molecule has 0 bridgehead atoms. The largest absolute Gasteiger partial charge is 0.480 e. The summed E-state index contributed by atoms with van der Waals surface area (Å²) in [5.41, 5.74) is 0.762. The normalized spacial score (nSPS) is 17.4. The molecule has 0 fully saturated rings. The predicted octanol–water partition coefficient (Wildman–Crippen LogP) is -1.37. The Morgan fingerprint density at radius 1 is 1.43 bits per heavy atom. The van der Waals surface area contributed by atoms with Crippen LogP contribution in [0.2, 0.25) is 0 Å². The van der Waals surface area contributed by atoms with Crippen LogP contribution in [0.1, 0.15) is 10.4 Å². The Bertz CT molecular complexity index is 575. The van der Waals surface area contributed by atoms with Crippen LogP contribution in [0.5, 0.6) is 0 Å². The molecule has 0 aromatic carbocycles. The molecular weight excluding hydrogens is 278 g/mol. The van der Waals surface area contributed by atoms with Crippen LogP contribution >= 0.6 is 0 Å². The summed E-state index contributed by atoms with van der Waals surface area (Å²) in [6.07, 6.45) is 2.33. The maximum Gasteiger partial charge on any atom is 0.322 e. The van der Waals surface area contributed by atoms with Crippen molar-refractivity contribution in [3.05, 3.63) is 24.0 Å². The number of carbonyl (C=O) groups is 2. The van der Waals surface area contributed by atoms with Gasteiger partial charge in [0, 0.05) is 12.7 Å². The van der Waals surface area contributed by atoms with Gasteiger partial charge in [-0.15, -0.1) is 0 Å². The number of aromatic nitrogens is 1. The third-order valence-corrected chi connectivity index (χ3v) is 2.63. The third kappa shape index (κ3) is 4.42. The van der Waals surface area contributed by atoms with E-state index in [4.69, 9.17) is 5.11 Å². The summed E-state index contributed by atoms with van der Waals surface area (Å²) in [5, 5.41) is 25.9. The summed E-state index contributed by atoms with van der Waals surface area (Å²) in [6.45, 7) is 0.224. The molecule has 1 aromatic heterocycles. The number of nitrogens with zero attached hydrogens (tertiary/aromatic N) is 2. The van der Waals surface area contributed by atoms with Crippen molar-refractivity contribution in [2.75, 3.05) is 25.0 Å². The highest BCUT2D eigenvalue weighted by Gasteiger charge is 2.13. The van der Waals surface area contributed by atoms with E-state index in [1.165, 1.54) is 18.5 Å². The Balaban J connectivity index is 2.00. The van der Waals surface area contributed by atoms with Gasteiger partial charge in [0.2, 0.25) is 0 Å². The number of amides is 1. The number of hydrogen-bond donors (Lipinski definition) is 5. The van der Waals surface area contributed by atoms with Gasteiger partial charge < -0.3 is 26.2 Å². The first-order chi connectivity index (χ1) is 10.0. The number of aliphatic carboxylic acids is 1. The molecular formula is C12H15N5O4. The van der Waals surface area contributed by atoms with Crippen LogP contribution in [0.15, 0.2) is 23.5 Å². The highest BCUT2D eigenvalue weighted by Crippen LogP contribution is 2.09. The monoisotopic (exact) mass is 293 g/mol. The van der Waals surface area contributed by atoms with Crippen molar-refractivity contribution in [3.8, 4) is 0 Å². The summed E-state index contributed by atoms with van der Waals surface area (Å²) in [4.78, 5) is 30.1. The molecule has 9 nitrogen and oxygen atoms in total. The lowest BCUT2D eigenvalue weighted by Gasteiger charge is -2.19. The van der Waals surface area contributed by atoms with Crippen LogP contribution in [0.25, 0.3) is 0 Å². The number of carbonyl (C=O) groups excluding carboxylic acids is 1. The molecule has 0 radical (unpaired) electrons. The van der Waals surface area contributed by atoms with Gasteiger partial charge in [-0.3, -0.25) is 19.6 Å². The van der Waals surface area contributed by atoms with Crippen molar-refractivity contribution in [2.45, 2.75) is 6.10 Å². The molecule has 2 heterocycles. The van der Waals surface area contributed by atoms with E-state index in [9.17, 15) is 14.7 Å². The van der Waals surface area contributed by atoms with Gasteiger partial charge in [0.25, 0.3) is 5.91 Å². The quantitative estimate of drug-likeness (QED) is 0.462. The molecule has 112 valence electrons. The number of hydrogen-bond acceptors (Lipinski definition) is 7. The second-order valence-corrected chi connectivity index (χ2v) is 4.39. The Hall–Kier alpha value is -2.68. The van der Waals surface area contributed by atoms with Crippen LogP contribution in [0.4, 0.5) is 5.69 Å². The topological polar surface area (TPSA) is 136 Å². The lowest BCUT2D eigenvalue weighted by Crippen LogP contribution is -2.42. The number of carboxylic acid groups (broad SMARTS) is 1. The van der Waals surface area contributed by atoms with Crippen molar-refractivity contribution in [1.82, 2.24) is 15.6 Å². The summed E-state index contributed by atoms with van der Waals surface area (Å²) in [5.74, 6) is -1.17. The van der Waals surface area contributed by atoms with Crippen molar-refractivity contribution in [3.63, 3.8) is 0 Å². The number of aliphatic imine (C=N–C) groups is 1. The van der Waals surface area contributed by atoms with E-state index >= 15 is 0 Å².